The Labute approximate surface area is 257 Å². The average Bonchev–Trinajstić information content (AvgIpc) is 3.57. The van der Waals surface area contributed by atoms with Crippen molar-refractivity contribution in [2.75, 3.05) is 30.4 Å². The summed E-state index contributed by atoms with van der Waals surface area (Å²) >= 11 is 0. The number of aromatic amines is 1. The zero-order valence-electron chi connectivity index (χ0n) is 24.4. The van der Waals surface area contributed by atoms with Gasteiger partial charge in [-0.15, -0.1) is 17.5 Å². The van der Waals surface area contributed by atoms with E-state index in [9.17, 15) is 9.59 Å². The molecule has 0 bridgehead atoms. The number of hydrogen-bond donors (Lipinski definition) is 3. The Morgan fingerprint density at radius 2 is 1.58 bits per heavy atom. The maximum absolute atomic E-state index is 14.1. The van der Waals surface area contributed by atoms with Crippen molar-refractivity contribution in [3.8, 4) is 22.5 Å². The fourth-order valence-corrected chi connectivity index (χ4v) is 5.56. The van der Waals surface area contributed by atoms with E-state index < -0.39 is 11.9 Å². The largest absolute Gasteiger partial charge is 0.368 e. The van der Waals surface area contributed by atoms with E-state index in [1.807, 2.05) is 85.9 Å². The van der Waals surface area contributed by atoms with Gasteiger partial charge >= 0.3 is 0 Å². The Hall–Kier alpha value is -4.35. The lowest BCUT2D eigenvalue weighted by Crippen LogP contribution is -2.52. The van der Waals surface area contributed by atoms with Crippen LogP contribution >= 0.6 is 12.4 Å². The molecule has 1 fully saturated rings. The number of aromatic nitrogens is 5. The van der Waals surface area contributed by atoms with Gasteiger partial charge in [0.05, 0.1) is 0 Å². The van der Waals surface area contributed by atoms with Gasteiger partial charge in [-0.25, -0.2) is 10.1 Å². The molecule has 0 unspecified atom stereocenters. The highest BCUT2D eigenvalue weighted by atomic mass is 35.5. The molecule has 2 aromatic carbocycles. The zero-order valence-corrected chi connectivity index (χ0v) is 25.2. The minimum Gasteiger partial charge on any atom is -0.368 e. The van der Waals surface area contributed by atoms with Crippen LogP contribution in [-0.4, -0.2) is 64.1 Å². The summed E-state index contributed by atoms with van der Waals surface area (Å²) in [5.74, 6) is 0.969. The number of benzene rings is 2. The first-order valence-electron chi connectivity index (χ1n) is 14.2. The number of nitrogens with zero attached hydrogens (tertiary/aromatic N) is 6. The topological polar surface area (TPSA) is 160 Å². The van der Waals surface area contributed by atoms with E-state index >= 15 is 0 Å². The molecule has 5 N–H and O–H groups in total. The molecule has 4 aromatic rings. The summed E-state index contributed by atoms with van der Waals surface area (Å²) in [5, 5.41) is 14.0. The molecule has 1 aliphatic carbocycles. The first-order chi connectivity index (χ1) is 20.3. The molecule has 1 atom stereocenters. The summed E-state index contributed by atoms with van der Waals surface area (Å²) in [6.45, 7) is 0.623. The summed E-state index contributed by atoms with van der Waals surface area (Å²) in [6, 6.07) is 18.4. The van der Waals surface area contributed by atoms with Gasteiger partial charge in [-0.05, 0) is 96.1 Å². The number of nitrogens with two attached hydrogens (primary N) is 2. The number of amides is 2. The van der Waals surface area contributed by atoms with Crippen LogP contribution in [0.5, 0.6) is 0 Å². The van der Waals surface area contributed by atoms with Crippen LogP contribution in [0.2, 0.25) is 0 Å². The summed E-state index contributed by atoms with van der Waals surface area (Å²) < 4.78 is 0. The zero-order chi connectivity index (χ0) is 29.6. The quantitative estimate of drug-likeness (QED) is 0.248. The van der Waals surface area contributed by atoms with E-state index in [2.05, 4.69) is 25.6 Å². The molecule has 11 nitrogen and oxygen atoms in total. The molecular formula is C31H38ClN9O2. The lowest BCUT2D eigenvalue weighted by atomic mass is 9.81. The van der Waals surface area contributed by atoms with Crippen molar-refractivity contribution in [1.82, 2.24) is 25.6 Å². The Morgan fingerprint density at radius 3 is 2.12 bits per heavy atom. The Bertz CT molecular complexity index is 1470. The van der Waals surface area contributed by atoms with E-state index in [0.29, 0.717) is 24.0 Å². The van der Waals surface area contributed by atoms with Crippen LogP contribution in [0.3, 0.4) is 0 Å². The number of carbonyl (C=O) groups excluding carboxylic acids is 2. The van der Waals surface area contributed by atoms with Gasteiger partial charge in [0.1, 0.15) is 11.9 Å². The highest BCUT2D eigenvalue weighted by Crippen LogP contribution is 2.33. The van der Waals surface area contributed by atoms with Crippen molar-refractivity contribution in [3.05, 3.63) is 72.4 Å². The third-order valence-corrected chi connectivity index (χ3v) is 8.09. The summed E-state index contributed by atoms with van der Waals surface area (Å²) in [4.78, 5) is 35.1. The predicted molar refractivity (Wildman–Crippen MR) is 170 cm³/mol. The van der Waals surface area contributed by atoms with E-state index in [4.69, 9.17) is 11.5 Å². The van der Waals surface area contributed by atoms with E-state index in [0.717, 1.165) is 53.8 Å². The monoisotopic (exact) mass is 603 g/mol. The molecule has 2 amide bonds. The Morgan fingerprint density at radius 1 is 0.930 bits per heavy atom. The molecule has 12 heteroatoms. The number of nitrogens with one attached hydrogen (secondary N) is 1. The third-order valence-electron chi connectivity index (χ3n) is 8.09. The molecule has 43 heavy (non-hydrogen) atoms. The molecule has 2 aromatic heterocycles. The van der Waals surface area contributed by atoms with Gasteiger partial charge < -0.3 is 16.4 Å². The van der Waals surface area contributed by atoms with Crippen LogP contribution in [0.1, 0.15) is 31.2 Å². The first kappa shape index (κ1) is 31.6. The van der Waals surface area contributed by atoms with Gasteiger partial charge in [0, 0.05) is 49.4 Å². The van der Waals surface area contributed by atoms with Gasteiger partial charge in [-0.1, -0.05) is 24.3 Å². The van der Waals surface area contributed by atoms with Gasteiger partial charge in [-0.2, -0.15) is 0 Å². The number of primary amides is 1. The maximum atomic E-state index is 14.1. The molecule has 1 saturated carbocycles. The fraction of sp³-hybridized carbons (Fsp3) is 0.355. The van der Waals surface area contributed by atoms with Gasteiger partial charge in [0.2, 0.25) is 11.8 Å². The van der Waals surface area contributed by atoms with Crippen LogP contribution in [-0.2, 0) is 16.0 Å². The van der Waals surface area contributed by atoms with Crippen molar-refractivity contribution in [1.29, 1.82) is 0 Å². The normalized spacial score (nSPS) is 17.0. The van der Waals surface area contributed by atoms with Gasteiger partial charge in [-0.3, -0.25) is 14.5 Å². The second-order valence-electron chi connectivity index (χ2n) is 11.1. The van der Waals surface area contributed by atoms with Gasteiger partial charge in [0.25, 0.3) is 0 Å². The highest BCUT2D eigenvalue weighted by Gasteiger charge is 2.36. The van der Waals surface area contributed by atoms with Crippen LogP contribution in [0.4, 0.5) is 11.5 Å². The van der Waals surface area contributed by atoms with Crippen molar-refractivity contribution < 1.29 is 9.59 Å². The minimum atomic E-state index is -0.866. The third kappa shape index (κ3) is 7.36. The summed E-state index contributed by atoms with van der Waals surface area (Å²) in [6.07, 6.45) is 5.39. The number of halogens is 1. The van der Waals surface area contributed by atoms with Gasteiger partial charge in [0.15, 0.2) is 5.82 Å². The molecule has 0 aliphatic heterocycles. The van der Waals surface area contributed by atoms with Crippen molar-refractivity contribution in [2.24, 2.45) is 23.3 Å². The van der Waals surface area contributed by atoms with Crippen LogP contribution in [0.15, 0.2) is 66.9 Å². The molecule has 0 radical (unpaired) electrons. The lowest BCUT2D eigenvalue weighted by Gasteiger charge is -2.35. The Balaban J connectivity index is 0.00000423. The first-order valence-corrected chi connectivity index (χ1v) is 14.2. The number of pyridine rings is 1. The number of hydrogen-bond acceptors (Lipinski definition) is 8. The number of rotatable bonds is 10. The minimum absolute atomic E-state index is 0. The molecule has 2 heterocycles. The van der Waals surface area contributed by atoms with Crippen molar-refractivity contribution >= 4 is 35.7 Å². The predicted octanol–water partition coefficient (Wildman–Crippen LogP) is 3.61. The van der Waals surface area contributed by atoms with E-state index in [-0.39, 0.29) is 30.7 Å². The smallest absolute Gasteiger partial charge is 0.240 e. The number of tetrazole rings is 1. The van der Waals surface area contributed by atoms with Crippen LogP contribution in [0, 0.1) is 11.8 Å². The summed E-state index contributed by atoms with van der Waals surface area (Å²) in [5.41, 5.74) is 16.2. The highest BCUT2D eigenvalue weighted by molar-refractivity contribution is 6.01. The van der Waals surface area contributed by atoms with E-state index in [1.54, 1.807) is 4.90 Å². The summed E-state index contributed by atoms with van der Waals surface area (Å²) in [7, 11) is 3.90. The standard InChI is InChI=1S/C31H37N9O2.ClH/c1-39(2)28-16-13-25(19-34-28)22-7-3-20(4-8-22)17-27(29(33)41)40(31(42)24-9-5-21(18-32)6-10-24)26-14-11-23(12-15-26)30-35-37-38-36-30;/h3-4,7-8,11-16,19,21,24,27H,5-6,9-10,17-18,32H2,1-2H3,(H2,33,41)(H,35,36,37,38);1H/t21-,24-,27-;/m0./s1. The average molecular weight is 604 g/mol. The molecule has 0 saturated heterocycles. The number of carbonyl (C=O) groups is 2. The van der Waals surface area contributed by atoms with E-state index in [1.165, 1.54) is 0 Å². The second kappa shape index (κ2) is 14.2. The second-order valence-corrected chi connectivity index (χ2v) is 11.1. The van der Waals surface area contributed by atoms with Crippen molar-refractivity contribution in [3.63, 3.8) is 0 Å². The number of H-pyrrole nitrogens is 1. The molecule has 0 spiro atoms. The van der Waals surface area contributed by atoms with Crippen molar-refractivity contribution in [2.45, 2.75) is 38.1 Å². The Kier molecular flexibility index (Phi) is 10.4. The lowest BCUT2D eigenvalue weighted by molar-refractivity contribution is -0.127. The molecule has 226 valence electrons. The van der Waals surface area contributed by atoms with Crippen LogP contribution < -0.4 is 21.3 Å². The molecule has 5 rings (SSSR count). The fourth-order valence-electron chi connectivity index (χ4n) is 5.56. The van der Waals surface area contributed by atoms with Crippen LogP contribution in [0.25, 0.3) is 22.5 Å². The molecule has 1 aliphatic rings. The maximum Gasteiger partial charge on any atom is 0.240 e. The molecular weight excluding hydrogens is 566 g/mol. The SMILES string of the molecule is CN(C)c1ccc(-c2ccc(C[C@@H](C(N)=O)N(c3ccc(-c4nnn[nH]4)cc3)C(=O)[C@H]3CC[C@H](CN)CC3)cc2)cn1.Cl. The number of anilines is 2.